The van der Waals surface area contributed by atoms with Crippen LogP contribution in [-0.4, -0.2) is 46.3 Å². The van der Waals surface area contributed by atoms with E-state index < -0.39 is 42.3 Å². The maximum Gasteiger partial charge on any atom is 0.339 e. The van der Waals surface area contributed by atoms with Crippen LogP contribution in [0.15, 0.2) is 0 Å². The second kappa shape index (κ2) is 8.26. The quantitative estimate of drug-likeness (QED) is 0.363. The normalized spacial score (nSPS) is 13.2. The van der Waals surface area contributed by atoms with Gasteiger partial charge < -0.3 is 19.7 Å². The van der Waals surface area contributed by atoms with Gasteiger partial charge in [-0.05, 0) is 6.42 Å². The lowest BCUT2D eigenvalue weighted by Crippen LogP contribution is -2.44. The van der Waals surface area contributed by atoms with Gasteiger partial charge in [0.1, 0.15) is 0 Å². The van der Waals surface area contributed by atoms with Gasteiger partial charge in [-0.1, -0.05) is 13.3 Å². The zero-order chi connectivity index (χ0) is 15.8. The van der Waals surface area contributed by atoms with E-state index in [1.807, 2.05) is 6.92 Å². The van der Waals surface area contributed by atoms with E-state index in [1.54, 1.807) is 0 Å². The summed E-state index contributed by atoms with van der Waals surface area (Å²) in [5.74, 6) is -4.84. The minimum Gasteiger partial charge on any atom is -0.481 e. The fourth-order valence-corrected chi connectivity index (χ4v) is 1.34. The van der Waals surface area contributed by atoms with E-state index in [0.29, 0.717) is 6.42 Å². The fourth-order valence-electron chi connectivity index (χ4n) is 1.34. The number of ether oxygens (including phenoxy) is 2. The zero-order valence-electron chi connectivity index (χ0n) is 11.4. The molecule has 0 aromatic heterocycles. The third-order valence-electron chi connectivity index (χ3n) is 2.25. The number of esters is 3. The lowest BCUT2D eigenvalue weighted by molar-refractivity contribution is -0.178. The van der Waals surface area contributed by atoms with E-state index in [4.69, 9.17) is 9.84 Å². The summed E-state index contributed by atoms with van der Waals surface area (Å²) in [7, 11) is 0. The van der Waals surface area contributed by atoms with Gasteiger partial charge in [-0.25, -0.2) is 4.79 Å². The van der Waals surface area contributed by atoms with Crippen LogP contribution in [0.4, 0.5) is 0 Å². The van der Waals surface area contributed by atoms with Crippen LogP contribution >= 0.6 is 0 Å². The fraction of sp³-hybridized carbons (Fsp3) is 0.667. The number of carbonyl (C=O) groups is 4. The predicted octanol–water partition coefficient (Wildman–Crippen LogP) is 0.0153. The number of carboxylic acids is 1. The molecule has 1 atom stereocenters. The molecule has 0 aromatic carbocycles. The molecule has 0 spiro atoms. The SMILES string of the molecule is CCCCOC(=O)C(O)(CC(=O)O)CC(=O)OC(C)=O. The summed E-state index contributed by atoms with van der Waals surface area (Å²) < 4.78 is 8.87. The van der Waals surface area contributed by atoms with Gasteiger partial charge in [0, 0.05) is 6.92 Å². The van der Waals surface area contributed by atoms with Crippen molar-refractivity contribution in [3.8, 4) is 0 Å². The van der Waals surface area contributed by atoms with E-state index >= 15 is 0 Å². The highest BCUT2D eigenvalue weighted by Gasteiger charge is 2.43. The number of aliphatic hydroxyl groups is 1. The molecule has 8 heteroatoms. The molecule has 0 rings (SSSR count). The van der Waals surface area contributed by atoms with Crippen molar-refractivity contribution >= 4 is 23.9 Å². The lowest BCUT2D eigenvalue weighted by atomic mass is 9.95. The minimum absolute atomic E-state index is 0.000974. The first kappa shape index (κ1) is 18.0. The molecule has 114 valence electrons. The molecule has 0 fully saturated rings. The van der Waals surface area contributed by atoms with Crippen molar-refractivity contribution in [3.05, 3.63) is 0 Å². The topological polar surface area (TPSA) is 127 Å². The Labute approximate surface area is 115 Å². The molecule has 20 heavy (non-hydrogen) atoms. The van der Waals surface area contributed by atoms with Crippen molar-refractivity contribution in [1.82, 2.24) is 0 Å². The molecule has 0 aromatic rings. The summed E-state index contributed by atoms with van der Waals surface area (Å²) in [6.45, 7) is 2.81. The zero-order valence-corrected chi connectivity index (χ0v) is 11.4. The Bertz CT molecular complexity index is 389. The number of carbonyl (C=O) groups excluding carboxylic acids is 3. The number of carboxylic acid groups (broad SMARTS) is 1. The Hall–Kier alpha value is -1.96. The molecule has 2 N–H and O–H groups in total. The third kappa shape index (κ3) is 6.83. The average Bonchev–Trinajstić information content (AvgIpc) is 2.26. The van der Waals surface area contributed by atoms with E-state index in [1.165, 1.54) is 0 Å². The van der Waals surface area contributed by atoms with Gasteiger partial charge in [-0.15, -0.1) is 0 Å². The molecule has 0 aliphatic rings. The Kier molecular flexibility index (Phi) is 7.45. The molecule has 0 bridgehead atoms. The Balaban J connectivity index is 4.80. The van der Waals surface area contributed by atoms with Crippen LogP contribution in [0.25, 0.3) is 0 Å². The van der Waals surface area contributed by atoms with Gasteiger partial charge in [-0.2, -0.15) is 0 Å². The van der Waals surface area contributed by atoms with Crippen LogP contribution in [0.5, 0.6) is 0 Å². The summed E-state index contributed by atoms with van der Waals surface area (Å²) in [5.41, 5.74) is -2.55. The molecule has 0 heterocycles. The number of unbranched alkanes of at least 4 members (excludes halogenated alkanes) is 1. The van der Waals surface area contributed by atoms with Crippen molar-refractivity contribution in [3.63, 3.8) is 0 Å². The maximum absolute atomic E-state index is 11.7. The summed E-state index contributed by atoms with van der Waals surface area (Å²) in [5, 5.41) is 18.6. The van der Waals surface area contributed by atoms with Crippen LogP contribution in [-0.2, 0) is 28.7 Å². The van der Waals surface area contributed by atoms with Crippen molar-refractivity contribution in [2.45, 2.75) is 45.1 Å². The van der Waals surface area contributed by atoms with Crippen molar-refractivity contribution in [1.29, 1.82) is 0 Å². The molecule has 0 saturated carbocycles. The smallest absolute Gasteiger partial charge is 0.339 e. The third-order valence-corrected chi connectivity index (χ3v) is 2.25. The molecule has 1 unspecified atom stereocenters. The molecule has 0 radical (unpaired) electrons. The molecular formula is C12H18O8. The van der Waals surface area contributed by atoms with Gasteiger partial charge in [0.25, 0.3) is 0 Å². The number of hydrogen-bond donors (Lipinski definition) is 2. The largest absolute Gasteiger partial charge is 0.481 e. The number of hydrogen-bond acceptors (Lipinski definition) is 7. The standard InChI is InChI=1S/C12H18O8/c1-3-4-5-19-11(17)12(18,6-9(14)15)7-10(16)20-8(2)13/h18H,3-7H2,1-2H3,(H,14,15). The Morgan fingerprint density at radius 1 is 1.15 bits per heavy atom. The predicted molar refractivity (Wildman–Crippen MR) is 64.5 cm³/mol. The average molecular weight is 290 g/mol. The maximum atomic E-state index is 11.7. The van der Waals surface area contributed by atoms with Crippen molar-refractivity contribution < 1.29 is 38.9 Å². The van der Waals surface area contributed by atoms with Crippen LogP contribution in [0.2, 0.25) is 0 Å². The summed E-state index contributed by atoms with van der Waals surface area (Å²) in [4.78, 5) is 44.2. The van der Waals surface area contributed by atoms with E-state index in [0.717, 1.165) is 13.3 Å². The van der Waals surface area contributed by atoms with Gasteiger partial charge in [0.05, 0.1) is 19.4 Å². The highest BCUT2D eigenvalue weighted by molar-refractivity contribution is 5.92. The van der Waals surface area contributed by atoms with Crippen molar-refractivity contribution in [2.24, 2.45) is 0 Å². The van der Waals surface area contributed by atoms with E-state index in [2.05, 4.69) is 4.74 Å². The highest BCUT2D eigenvalue weighted by atomic mass is 16.6. The van der Waals surface area contributed by atoms with Gasteiger partial charge >= 0.3 is 23.9 Å². The molecule has 0 saturated heterocycles. The molecule has 8 nitrogen and oxygen atoms in total. The first-order chi connectivity index (χ1) is 9.21. The number of aliphatic carboxylic acids is 1. The van der Waals surface area contributed by atoms with Crippen LogP contribution in [0, 0.1) is 0 Å². The lowest BCUT2D eigenvalue weighted by Gasteiger charge is -2.23. The summed E-state index contributed by atoms with van der Waals surface area (Å²) >= 11 is 0. The monoisotopic (exact) mass is 290 g/mol. The van der Waals surface area contributed by atoms with Crippen LogP contribution < -0.4 is 0 Å². The van der Waals surface area contributed by atoms with Crippen molar-refractivity contribution in [2.75, 3.05) is 6.61 Å². The van der Waals surface area contributed by atoms with E-state index in [9.17, 15) is 24.3 Å². The van der Waals surface area contributed by atoms with Gasteiger partial charge in [0.15, 0.2) is 5.60 Å². The minimum atomic E-state index is -2.55. The first-order valence-corrected chi connectivity index (χ1v) is 6.04. The Morgan fingerprint density at radius 2 is 1.75 bits per heavy atom. The number of rotatable bonds is 8. The van der Waals surface area contributed by atoms with Crippen LogP contribution in [0.3, 0.4) is 0 Å². The van der Waals surface area contributed by atoms with Gasteiger partial charge in [0.2, 0.25) is 0 Å². The Morgan fingerprint density at radius 3 is 2.20 bits per heavy atom. The van der Waals surface area contributed by atoms with Gasteiger partial charge in [-0.3, -0.25) is 14.4 Å². The molecule has 0 aliphatic heterocycles. The van der Waals surface area contributed by atoms with Crippen LogP contribution in [0.1, 0.15) is 39.5 Å². The second-order valence-corrected chi connectivity index (χ2v) is 4.23. The highest BCUT2D eigenvalue weighted by Crippen LogP contribution is 2.19. The summed E-state index contributed by atoms with van der Waals surface area (Å²) in [6, 6.07) is 0. The summed E-state index contributed by atoms with van der Waals surface area (Å²) in [6.07, 6.45) is -0.724. The second-order valence-electron chi connectivity index (χ2n) is 4.23. The first-order valence-electron chi connectivity index (χ1n) is 6.04. The molecular weight excluding hydrogens is 272 g/mol. The van der Waals surface area contributed by atoms with E-state index in [-0.39, 0.29) is 6.61 Å². The molecule has 0 aliphatic carbocycles. The molecule has 0 amide bonds.